The summed E-state index contributed by atoms with van der Waals surface area (Å²) in [4.78, 5) is 33.6. The van der Waals surface area contributed by atoms with Crippen LogP contribution in [0.1, 0.15) is 11.5 Å². The van der Waals surface area contributed by atoms with Crippen LogP contribution < -0.4 is 11.5 Å². The number of H-pyrrole nitrogens is 2. The number of rotatable bonds is 6. The first-order valence-corrected chi connectivity index (χ1v) is 6.32. The highest BCUT2D eigenvalue weighted by molar-refractivity contribution is 5.73. The summed E-state index contributed by atoms with van der Waals surface area (Å²) in [5.41, 5.74) is 11.2. The van der Waals surface area contributed by atoms with Crippen LogP contribution in [0, 0.1) is 0 Å². The van der Waals surface area contributed by atoms with E-state index in [1.54, 1.807) is 18.6 Å². The minimum Gasteiger partial charge on any atom is -0.480 e. The normalized spacial score (nSPS) is 12.8. The van der Waals surface area contributed by atoms with Gasteiger partial charge in [-0.05, 0) is 0 Å². The molecule has 0 spiro atoms. The lowest BCUT2D eigenvalue weighted by atomic mass is 10.2. The van der Waals surface area contributed by atoms with Crippen molar-refractivity contribution in [1.29, 1.82) is 0 Å². The SMILES string of the molecule is NC(Cc1ncc[nH]1)C(=O)O.N[C@@H](Cc1cnc[nH]1)C(=O)O. The van der Waals surface area contributed by atoms with E-state index < -0.39 is 24.0 Å². The minimum absolute atomic E-state index is 0.238. The number of hydrogen-bond acceptors (Lipinski definition) is 6. The van der Waals surface area contributed by atoms with Gasteiger partial charge in [-0.1, -0.05) is 0 Å². The Morgan fingerprint density at radius 2 is 1.77 bits per heavy atom. The molecule has 2 rings (SSSR count). The van der Waals surface area contributed by atoms with E-state index in [-0.39, 0.29) is 12.8 Å². The molecule has 22 heavy (non-hydrogen) atoms. The van der Waals surface area contributed by atoms with Crippen molar-refractivity contribution in [1.82, 2.24) is 19.9 Å². The molecule has 0 saturated heterocycles. The average Bonchev–Trinajstić information content (AvgIpc) is 3.12. The van der Waals surface area contributed by atoms with Crippen LogP contribution in [0.2, 0.25) is 0 Å². The fraction of sp³-hybridized carbons (Fsp3) is 0.333. The second-order valence-corrected chi connectivity index (χ2v) is 4.41. The molecule has 0 aliphatic carbocycles. The Balaban J connectivity index is 0.000000220. The molecule has 10 heteroatoms. The van der Waals surface area contributed by atoms with Crippen molar-refractivity contribution in [2.75, 3.05) is 0 Å². The summed E-state index contributed by atoms with van der Waals surface area (Å²) in [6.07, 6.45) is 6.76. The topological polar surface area (TPSA) is 184 Å². The monoisotopic (exact) mass is 310 g/mol. The number of aromatic amines is 2. The van der Waals surface area contributed by atoms with Crippen LogP contribution in [0.3, 0.4) is 0 Å². The maximum absolute atomic E-state index is 10.3. The molecule has 1 unspecified atom stereocenters. The fourth-order valence-electron chi connectivity index (χ4n) is 1.43. The number of nitrogens with two attached hydrogens (primary N) is 2. The van der Waals surface area contributed by atoms with Gasteiger partial charge in [0.2, 0.25) is 0 Å². The second-order valence-electron chi connectivity index (χ2n) is 4.41. The standard InChI is InChI=1S/2C6H9N3O2/c7-5(6(10)11)1-4-2-8-3-9-4;7-4(6(10)11)3-5-8-1-2-9-5/h2-3,5H,1,7H2,(H,8,9)(H,10,11);1-2,4H,3,7H2,(H,8,9)(H,10,11)/t5-;/m0./s1. The molecule has 0 bridgehead atoms. The molecule has 0 radical (unpaired) electrons. The van der Waals surface area contributed by atoms with Crippen molar-refractivity contribution in [3.8, 4) is 0 Å². The highest BCUT2D eigenvalue weighted by Gasteiger charge is 2.13. The summed E-state index contributed by atoms with van der Waals surface area (Å²) in [7, 11) is 0. The molecule has 2 aromatic rings. The zero-order valence-electron chi connectivity index (χ0n) is 11.6. The van der Waals surface area contributed by atoms with E-state index in [0.29, 0.717) is 5.82 Å². The molecule has 8 N–H and O–H groups in total. The highest BCUT2D eigenvalue weighted by atomic mass is 16.4. The summed E-state index contributed by atoms with van der Waals surface area (Å²) in [5.74, 6) is -1.42. The Kier molecular flexibility index (Phi) is 6.73. The highest BCUT2D eigenvalue weighted by Crippen LogP contribution is 1.95. The number of nitrogens with zero attached hydrogens (tertiary/aromatic N) is 2. The molecule has 2 atom stereocenters. The molecule has 120 valence electrons. The summed E-state index contributed by atoms with van der Waals surface area (Å²) in [5, 5.41) is 16.8. The third-order valence-corrected chi connectivity index (χ3v) is 2.60. The van der Waals surface area contributed by atoms with E-state index in [4.69, 9.17) is 21.7 Å². The summed E-state index contributed by atoms with van der Waals surface area (Å²) >= 11 is 0. The number of carboxylic acid groups (broad SMARTS) is 2. The quantitative estimate of drug-likeness (QED) is 0.381. The maximum Gasteiger partial charge on any atom is 0.320 e. The molecule has 0 saturated carbocycles. The predicted octanol–water partition coefficient (Wildman–Crippen LogP) is -1.27. The molecule has 0 aromatic carbocycles. The first-order valence-electron chi connectivity index (χ1n) is 6.32. The smallest absolute Gasteiger partial charge is 0.320 e. The largest absolute Gasteiger partial charge is 0.480 e. The zero-order chi connectivity index (χ0) is 16.5. The van der Waals surface area contributed by atoms with E-state index in [9.17, 15) is 9.59 Å². The fourth-order valence-corrected chi connectivity index (χ4v) is 1.43. The Morgan fingerprint density at radius 3 is 2.23 bits per heavy atom. The Bertz CT molecular complexity index is 516. The molecule has 0 aliphatic heterocycles. The van der Waals surface area contributed by atoms with Gasteiger partial charge in [-0.3, -0.25) is 9.59 Å². The van der Waals surface area contributed by atoms with Gasteiger partial charge < -0.3 is 31.6 Å². The number of aliphatic carboxylic acids is 2. The first-order chi connectivity index (χ1) is 10.4. The van der Waals surface area contributed by atoms with E-state index in [1.165, 1.54) is 6.33 Å². The van der Waals surface area contributed by atoms with Crippen molar-refractivity contribution in [3.05, 3.63) is 36.4 Å². The van der Waals surface area contributed by atoms with Gasteiger partial charge in [0.1, 0.15) is 17.9 Å². The first kappa shape index (κ1) is 17.3. The number of carboxylic acids is 2. The molecule has 0 fully saturated rings. The van der Waals surface area contributed by atoms with Crippen LogP contribution in [-0.4, -0.2) is 54.2 Å². The third kappa shape index (κ3) is 6.15. The molecular formula is C12H18N6O4. The van der Waals surface area contributed by atoms with Crippen LogP contribution in [0.5, 0.6) is 0 Å². The summed E-state index contributed by atoms with van der Waals surface area (Å²) in [6.45, 7) is 0. The average molecular weight is 310 g/mol. The van der Waals surface area contributed by atoms with E-state index in [2.05, 4.69) is 19.9 Å². The van der Waals surface area contributed by atoms with Crippen LogP contribution in [0.15, 0.2) is 24.9 Å². The lowest BCUT2D eigenvalue weighted by Gasteiger charge is -2.02. The zero-order valence-corrected chi connectivity index (χ0v) is 11.6. The number of carbonyl (C=O) groups is 2. The molecule has 0 amide bonds. The number of nitrogens with one attached hydrogen (secondary N) is 2. The van der Waals surface area contributed by atoms with E-state index in [1.807, 2.05) is 0 Å². The molecule has 0 aliphatic rings. The van der Waals surface area contributed by atoms with Crippen molar-refractivity contribution < 1.29 is 19.8 Å². The van der Waals surface area contributed by atoms with Crippen LogP contribution >= 0.6 is 0 Å². The summed E-state index contributed by atoms with van der Waals surface area (Å²) < 4.78 is 0. The maximum atomic E-state index is 10.3. The molecule has 2 aromatic heterocycles. The predicted molar refractivity (Wildman–Crippen MR) is 75.8 cm³/mol. The number of aromatic nitrogens is 4. The van der Waals surface area contributed by atoms with Gasteiger partial charge in [-0.2, -0.15) is 0 Å². The van der Waals surface area contributed by atoms with Crippen molar-refractivity contribution >= 4 is 11.9 Å². The number of hydrogen-bond donors (Lipinski definition) is 6. The van der Waals surface area contributed by atoms with Crippen LogP contribution in [0.25, 0.3) is 0 Å². The van der Waals surface area contributed by atoms with Gasteiger partial charge in [-0.25, -0.2) is 9.97 Å². The molecule has 2 heterocycles. The van der Waals surface area contributed by atoms with Crippen molar-refractivity contribution in [2.45, 2.75) is 24.9 Å². The second kappa shape index (κ2) is 8.54. The van der Waals surface area contributed by atoms with Gasteiger partial charge in [0.05, 0.1) is 6.33 Å². The number of imidazole rings is 2. The van der Waals surface area contributed by atoms with Crippen molar-refractivity contribution in [2.24, 2.45) is 11.5 Å². The summed E-state index contributed by atoms with van der Waals surface area (Å²) in [6, 6.07) is -1.73. The lowest BCUT2D eigenvalue weighted by Crippen LogP contribution is -2.32. The Hall–Kier alpha value is -2.72. The molecular weight excluding hydrogens is 292 g/mol. The van der Waals surface area contributed by atoms with Gasteiger partial charge in [0.15, 0.2) is 0 Å². The van der Waals surface area contributed by atoms with E-state index in [0.717, 1.165) is 5.69 Å². The van der Waals surface area contributed by atoms with Gasteiger partial charge >= 0.3 is 11.9 Å². The van der Waals surface area contributed by atoms with Gasteiger partial charge in [-0.15, -0.1) is 0 Å². The Morgan fingerprint density at radius 1 is 1.14 bits per heavy atom. The van der Waals surface area contributed by atoms with Crippen molar-refractivity contribution in [3.63, 3.8) is 0 Å². The molecule has 10 nitrogen and oxygen atoms in total. The minimum atomic E-state index is -1.01. The van der Waals surface area contributed by atoms with Crippen LogP contribution in [0.4, 0.5) is 0 Å². The third-order valence-electron chi connectivity index (χ3n) is 2.60. The van der Waals surface area contributed by atoms with Gasteiger partial charge in [0.25, 0.3) is 0 Å². The van der Waals surface area contributed by atoms with E-state index >= 15 is 0 Å². The van der Waals surface area contributed by atoms with Crippen LogP contribution in [-0.2, 0) is 22.4 Å². The van der Waals surface area contributed by atoms with Gasteiger partial charge in [0, 0.05) is 37.1 Å². The lowest BCUT2D eigenvalue weighted by molar-refractivity contribution is -0.139. The Labute approximate surface area is 125 Å².